The van der Waals surface area contributed by atoms with Gasteiger partial charge < -0.3 is 5.73 Å². The van der Waals surface area contributed by atoms with Crippen LogP contribution in [0.2, 0.25) is 5.02 Å². The largest absolute Gasteiger partial charge is 0.398 e. The molecule has 1 aromatic carbocycles. The van der Waals surface area contributed by atoms with Crippen molar-refractivity contribution in [3.63, 3.8) is 0 Å². The third-order valence-corrected chi connectivity index (χ3v) is 3.57. The summed E-state index contributed by atoms with van der Waals surface area (Å²) in [6.45, 7) is 2.14. The summed E-state index contributed by atoms with van der Waals surface area (Å²) in [6, 6.07) is 5.92. The molecular formula is C10H10ClNS. The van der Waals surface area contributed by atoms with Crippen LogP contribution in [0, 0.1) is 0 Å². The van der Waals surface area contributed by atoms with Gasteiger partial charge >= 0.3 is 0 Å². The third-order valence-electron chi connectivity index (χ3n) is 2.01. The smallest absolute Gasteiger partial charge is 0.0576 e. The molecule has 0 unspecified atom stereocenters. The fourth-order valence-electron chi connectivity index (χ4n) is 1.37. The van der Waals surface area contributed by atoms with E-state index in [2.05, 4.69) is 13.0 Å². The van der Waals surface area contributed by atoms with E-state index < -0.39 is 0 Å². The Balaban J connectivity index is 2.75. The fourth-order valence-corrected chi connectivity index (χ4v) is 2.61. The number of hydrogen-bond donors (Lipinski definition) is 1. The van der Waals surface area contributed by atoms with Gasteiger partial charge in [-0.25, -0.2) is 0 Å². The van der Waals surface area contributed by atoms with Gasteiger partial charge in [0.25, 0.3) is 0 Å². The molecule has 0 spiro atoms. The van der Waals surface area contributed by atoms with Gasteiger partial charge in [-0.1, -0.05) is 18.5 Å². The molecule has 0 saturated heterocycles. The predicted molar refractivity (Wildman–Crippen MR) is 60.6 cm³/mol. The van der Waals surface area contributed by atoms with Crippen molar-refractivity contribution in [1.82, 2.24) is 0 Å². The molecule has 1 heterocycles. The molecule has 13 heavy (non-hydrogen) atoms. The van der Waals surface area contributed by atoms with E-state index in [9.17, 15) is 0 Å². The Morgan fingerprint density at radius 2 is 2.15 bits per heavy atom. The minimum atomic E-state index is 0.713. The predicted octanol–water partition coefficient (Wildman–Crippen LogP) is 3.70. The van der Waals surface area contributed by atoms with Gasteiger partial charge in [-0.05, 0) is 30.0 Å². The maximum atomic E-state index is 5.90. The zero-order valence-corrected chi connectivity index (χ0v) is 8.88. The molecule has 68 valence electrons. The first-order valence-corrected chi connectivity index (χ1v) is 5.37. The topological polar surface area (TPSA) is 26.0 Å². The Labute approximate surface area is 86.1 Å². The van der Waals surface area contributed by atoms with Crippen LogP contribution >= 0.6 is 22.9 Å². The van der Waals surface area contributed by atoms with E-state index in [-0.39, 0.29) is 0 Å². The minimum absolute atomic E-state index is 0.713. The highest BCUT2D eigenvalue weighted by Gasteiger charge is 2.04. The van der Waals surface area contributed by atoms with Crippen LogP contribution in [0.25, 0.3) is 10.1 Å². The van der Waals surface area contributed by atoms with E-state index in [1.165, 1.54) is 4.88 Å². The molecule has 0 bridgehead atoms. The molecule has 1 nitrogen and oxygen atoms in total. The number of aryl methyl sites for hydroxylation is 1. The van der Waals surface area contributed by atoms with Gasteiger partial charge in [0.15, 0.2) is 0 Å². The summed E-state index contributed by atoms with van der Waals surface area (Å²) in [7, 11) is 0. The van der Waals surface area contributed by atoms with Gasteiger partial charge in [0.05, 0.1) is 10.4 Å². The zero-order chi connectivity index (χ0) is 9.42. The Hall–Kier alpha value is -0.730. The lowest BCUT2D eigenvalue weighted by molar-refractivity contribution is 1.19. The Kier molecular flexibility index (Phi) is 2.18. The number of rotatable bonds is 1. The summed E-state index contributed by atoms with van der Waals surface area (Å²) in [5.74, 6) is 0. The maximum Gasteiger partial charge on any atom is 0.0576 e. The van der Waals surface area contributed by atoms with Crippen molar-refractivity contribution >= 4 is 38.7 Å². The molecule has 2 N–H and O–H groups in total. The van der Waals surface area contributed by atoms with Crippen LogP contribution in [0.5, 0.6) is 0 Å². The molecule has 2 rings (SSSR count). The van der Waals surface area contributed by atoms with Crippen LogP contribution in [-0.4, -0.2) is 0 Å². The summed E-state index contributed by atoms with van der Waals surface area (Å²) < 4.78 is 1.15. The van der Waals surface area contributed by atoms with E-state index in [4.69, 9.17) is 17.3 Å². The first-order chi connectivity index (χ1) is 6.20. The molecule has 0 amide bonds. The van der Waals surface area contributed by atoms with Crippen molar-refractivity contribution in [3.05, 3.63) is 28.1 Å². The second-order valence-electron chi connectivity index (χ2n) is 2.98. The number of thiophene rings is 1. The number of nitrogen functional groups attached to an aromatic ring is 1. The normalized spacial score (nSPS) is 10.9. The Morgan fingerprint density at radius 3 is 2.85 bits per heavy atom. The van der Waals surface area contributed by atoms with Crippen molar-refractivity contribution in [2.24, 2.45) is 0 Å². The molecule has 0 radical (unpaired) electrons. The molecule has 0 aliphatic carbocycles. The van der Waals surface area contributed by atoms with E-state index in [0.717, 1.165) is 22.2 Å². The number of hydrogen-bond acceptors (Lipinski definition) is 2. The Bertz CT molecular complexity index is 447. The standard InChI is InChI=1S/C10H10ClNS/c1-2-8-4-6-3-7(11)5-9(12)10(6)13-8/h3-5H,2,12H2,1H3. The number of fused-ring (bicyclic) bond motifs is 1. The van der Waals surface area contributed by atoms with Crippen LogP contribution in [0.3, 0.4) is 0 Å². The van der Waals surface area contributed by atoms with E-state index >= 15 is 0 Å². The molecule has 0 aliphatic heterocycles. The number of halogens is 1. The lowest BCUT2D eigenvalue weighted by atomic mass is 10.2. The highest BCUT2D eigenvalue weighted by atomic mass is 35.5. The molecular weight excluding hydrogens is 202 g/mol. The summed E-state index contributed by atoms with van der Waals surface area (Å²) in [5.41, 5.74) is 6.64. The molecule has 2 aromatic rings. The van der Waals surface area contributed by atoms with Crippen LogP contribution in [0.15, 0.2) is 18.2 Å². The van der Waals surface area contributed by atoms with Gasteiger partial charge in [-0.2, -0.15) is 0 Å². The molecule has 0 atom stereocenters. The quantitative estimate of drug-likeness (QED) is 0.716. The van der Waals surface area contributed by atoms with Gasteiger partial charge in [0.2, 0.25) is 0 Å². The lowest BCUT2D eigenvalue weighted by Crippen LogP contribution is -1.83. The highest BCUT2D eigenvalue weighted by Crippen LogP contribution is 2.33. The molecule has 0 saturated carbocycles. The van der Waals surface area contributed by atoms with Crippen LogP contribution in [-0.2, 0) is 6.42 Å². The first kappa shape index (κ1) is 8.85. The maximum absolute atomic E-state index is 5.90. The fraction of sp³-hybridized carbons (Fsp3) is 0.200. The Morgan fingerprint density at radius 1 is 1.38 bits per heavy atom. The van der Waals surface area contributed by atoms with Crippen LogP contribution < -0.4 is 5.73 Å². The van der Waals surface area contributed by atoms with Crippen molar-refractivity contribution < 1.29 is 0 Å². The van der Waals surface area contributed by atoms with Crippen molar-refractivity contribution in [2.75, 3.05) is 5.73 Å². The minimum Gasteiger partial charge on any atom is -0.398 e. The second-order valence-corrected chi connectivity index (χ2v) is 4.55. The second kappa shape index (κ2) is 3.20. The number of anilines is 1. The van der Waals surface area contributed by atoms with Crippen LogP contribution in [0.1, 0.15) is 11.8 Å². The summed E-state index contributed by atoms with van der Waals surface area (Å²) in [4.78, 5) is 1.35. The SMILES string of the molecule is CCc1cc2cc(Cl)cc(N)c2s1. The summed E-state index contributed by atoms with van der Waals surface area (Å²) in [5, 5.41) is 1.87. The van der Waals surface area contributed by atoms with Gasteiger partial charge in [0.1, 0.15) is 0 Å². The summed E-state index contributed by atoms with van der Waals surface area (Å²) >= 11 is 7.65. The zero-order valence-electron chi connectivity index (χ0n) is 7.30. The third kappa shape index (κ3) is 1.52. The summed E-state index contributed by atoms with van der Waals surface area (Å²) in [6.07, 6.45) is 1.05. The molecule has 0 fully saturated rings. The van der Waals surface area contributed by atoms with E-state index in [1.54, 1.807) is 17.4 Å². The van der Waals surface area contributed by atoms with Gasteiger partial charge in [0, 0.05) is 9.90 Å². The van der Waals surface area contributed by atoms with E-state index in [0.29, 0.717) is 5.02 Å². The lowest BCUT2D eigenvalue weighted by Gasteiger charge is -1.95. The van der Waals surface area contributed by atoms with Crippen molar-refractivity contribution in [1.29, 1.82) is 0 Å². The molecule has 1 aromatic heterocycles. The van der Waals surface area contributed by atoms with E-state index in [1.807, 2.05) is 6.07 Å². The van der Waals surface area contributed by atoms with Crippen molar-refractivity contribution in [2.45, 2.75) is 13.3 Å². The van der Waals surface area contributed by atoms with Crippen LogP contribution in [0.4, 0.5) is 5.69 Å². The monoisotopic (exact) mass is 211 g/mol. The molecule has 3 heteroatoms. The van der Waals surface area contributed by atoms with Gasteiger partial charge in [-0.3, -0.25) is 0 Å². The average Bonchev–Trinajstić information content (AvgIpc) is 2.47. The van der Waals surface area contributed by atoms with Gasteiger partial charge in [-0.15, -0.1) is 11.3 Å². The number of benzene rings is 1. The average molecular weight is 212 g/mol. The highest BCUT2D eigenvalue weighted by molar-refractivity contribution is 7.19. The molecule has 0 aliphatic rings. The number of nitrogens with two attached hydrogens (primary N) is 1. The first-order valence-electron chi connectivity index (χ1n) is 4.18. The van der Waals surface area contributed by atoms with Crippen molar-refractivity contribution in [3.8, 4) is 0 Å².